The summed E-state index contributed by atoms with van der Waals surface area (Å²) < 4.78 is 16.2. The fourth-order valence-corrected chi connectivity index (χ4v) is 2.25. The van der Waals surface area contributed by atoms with Gasteiger partial charge < -0.3 is 24.1 Å². The summed E-state index contributed by atoms with van der Waals surface area (Å²) in [5.41, 5.74) is 0.189. The second kappa shape index (κ2) is 5.57. The van der Waals surface area contributed by atoms with Crippen molar-refractivity contribution >= 4 is 11.0 Å². The number of methoxy groups -OCH3 is 1. The molecular weight excluding hydrogens is 300 g/mol. The quantitative estimate of drug-likeness (QED) is 0.771. The van der Waals surface area contributed by atoms with E-state index in [1.807, 2.05) is 0 Å². The van der Waals surface area contributed by atoms with E-state index in [4.69, 9.17) is 13.9 Å². The van der Waals surface area contributed by atoms with Crippen LogP contribution in [0.2, 0.25) is 0 Å². The lowest BCUT2D eigenvalue weighted by atomic mass is 10.1. The van der Waals surface area contributed by atoms with Crippen molar-refractivity contribution in [1.29, 1.82) is 0 Å². The predicted octanol–water partition coefficient (Wildman–Crippen LogP) is 3.31. The molecule has 6 heteroatoms. The lowest BCUT2D eigenvalue weighted by molar-refractivity contribution is 0.351. The van der Waals surface area contributed by atoms with Crippen molar-refractivity contribution in [1.82, 2.24) is 0 Å². The van der Waals surface area contributed by atoms with Gasteiger partial charge in [0.05, 0.1) is 13.2 Å². The van der Waals surface area contributed by atoms with Gasteiger partial charge in [-0.1, -0.05) is 0 Å². The number of rotatable bonds is 3. The lowest BCUT2D eigenvalue weighted by Gasteiger charge is -2.10. The number of phenolic OH excluding ortho intramolecular Hbond substituents is 2. The third-order valence-electron chi connectivity index (χ3n) is 3.45. The maximum absolute atomic E-state index is 12.2. The van der Waals surface area contributed by atoms with Crippen molar-refractivity contribution in [3.05, 3.63) is 52.2 Å². The van der Waals surface area contributed by atoms with Gasteiger partial charge in [0.25, 0.3) is 5.95 Å². The molecule has 0 spiro atoms. The molecule has 23 heavy (non-hydrogen) atoms. The first-order valence-corrected chi connectivity index (χ1v) is 6.81. The van der Waals surface area contributed by atoms with Gasteiger partial charge in [-0.05, 0) is 31.2 Å². The number of fused-ring (bicyclic) bond motifs is 1. The second-order valence-electron chi connectivity index (χ2n) is 4.95. The van der Waals surface area contributed by atoms with Crippen LogP contribution in [0.25, 0.3) is 11.0 Å². The van der Waals surface area contributed by atoms with Gasteiger partial charge in [0, 0.05) is 11.6 Å². The van der Waals surface area contributed by atoms with Crippen molar-refractivity contribution in [2.24, 2.45) is 0 Å². The van der Waals surface area contributed by atoms with Crippen LogP contribution in [0.1, 0.15) is 5.56 Å². The van der Waals surface area contributed by atoms with E-state index in [1.54, 1.807) is 6.92 Å². The molecule has 0 fully saturated rings. The minimum atomic E-state index is -0.428. The largest absolute Gasteiger partial charge is 0.508 e. The SMILES string of the molecule is COc1cc2oc(Oc3ccc(O)cc3)cc(=O)c2c(O)c1C. The second-order valence-corrected chi connectivity index (χ2v) is 4.95. The van der Waals surface area contributed by atoms with Crippen LogP contribution in [0, 0.1) is 6.92 Å². The molecule has 6 nitrogen and oxygen atoms in total. The molecule has 1 aromatic heterocycles. The molecular formula is C17H14O6. The molecule has 0 radical (unpaired) electrons. The summed E-state index contributed by atoms with van der Waals surface area (Å²) in [6.45, 7) is 1.65. The van der Waals surface area contributed by atoms with Gasteiger partial charge in [0.1, 0.15) is 34.0 Å². The molecule has 0 amide bonds. The molecule has 3 aromatic rings. The Morgan fingerprint density at radius 1 is 1.09 bits per heavy atom. The Hall–Kier alpha value is -3.15. The van der Waals surface area contributed by atoms with Crippen LogP contribution in [-0.4, -0.2) is 17.3 Å². The fraction of sp³-hybridized carbons (Fsp3) is 0.118. The zero-order valence-corrected chi connectivity index (χ0v) is 12.5. The van der Waals surface area contributed by atoms with E-state index >= 15 is 0 Å². The Morgan fingerprint density at radius 2 is 1.78 bits per heavy atom. The van der Waals surface area contributed by atoms with Crippen molar-refractivity contribution in [2.45, 2.75) is 6.92 Å². The first-order chi connectivity index (χ1) is 11.0. The van der Waals surface area contributed by atoms with Crippen LogP contribution in [-0.2, 0) is 0 Å². The molecule has 2 N–H and O–H groups in total. The summed E-state index contributed by atoms with van der Waals surface area (Å²) in [4.78, 5) is 12.2. The van der Waals surface area contributed by atoms with E-state index in [2.05, 4.69) is 0 Å². The highest BCUT2D eigenvalue weighted by molar-refractivity contribution is 5.86. The minimum Gasteiger partial charge on any atom is -0.508 e. The predicted molar refractivity (Wildman–Crippen MR) is 83.6 cm³/mol. The van der Waals surface area contributed by atoms with Crippen molar-refractivity contribution in [2.75, 3.05) is 7.11 Å². The molecule has 0 saturated carbocycles. The Kier molecular flexibility index (Phi) is 3.57. The molecule has 0 unspecified atom stereocenters. The highest BCUT2D eigenvalue weighted by Crippen LogP contribution is 2.35. The molecule has 0 saturated heterocycles. The minimum absolute atomic E-state index is 0.0292. The molecule has 0 aliphatic carbocycles. The van der Waals surface area contributed by atoms with E-state index in [0.717, 1.165) is 6.07 Å². The molecule has 2 aromatic carbocycles. The molecule has 1 heterocycles. The zero-order valence-electron chi connectivity index (χ0n) is 12.5. The number of benzene rings is 2. The molecule has 0 bridgehead atoms. The molecule has 0 aliphatic rings. The van der Waals surface area contributed by atoms with E-state index in [-0.39, 0.29) is 28.4 Å². The van der Waals surface area contributed by atoms with E-state index in [1.165, 1.54) is 37.4 Å². The summed E-state index contributed by atoms with van der Waals surface area (Å²) in [6.07, 6.45) is 0. The summed E-state index contributed by atoms with van der Waals surface area (Å²) >= 11 is 0. The highest BCUT2D eigenvalue weighted by Gasteiger charge is 2.16. The Balaban J connectivity index is 2.12. The van der Waals surface area contributed by atoms with Gasteiger partial charge in [-0.15, -0.1) is 0 Å². The van der Waals surface area contributed by atoms with Gasteiger partial charge in [-0.25, -0.2) is 0 Å². The van der Waals surface area contributed by atoms with E-state index in [0.29, 0.717) is 17.1 Å². The van der Waals surface area contributed by atoms with Crippen molar-refractivity contribution < 1.29 is 24.1 Å². The number of aromatic hydroxyl groups is 2. The van der Waals surface area contributed by atoms with Crippen molar-refractivity contribution in [3.63, 3.8) is 0 Å². The highest BCUT2D eigenvalue weighted by atomic mass is 16.6. The lowest BCUT2D eigenvalue weighted by Crippen LogP contribution is -2.02. The van der Waals surface area contributed by atoms with Crippen LogP contribution < -0.4 is 14.9 Å². The molecule has 118 valence electrons. The van der Waals surface area contributed by atoms with Crippen LogP contribution in [0.5, 0.6) is 28.9 Å². The normalized spacial score (nSPS) is 10.7. The van der Waals surface area contributed by atoms with Crippen molar-refractivity contribution in [3.8, 4) is 28.9 Å². The van der Waals surface area contributed by atoms with E-state index in [9.17, 15) is 15.0 Å². The molecule has 3 rings (SSSR count). The number of hydrogen-bond donors (Lipinski definition) is 2. The maximum Gasteiger partial charge on any atom is 0.294 e. The van der Waals surface area contributed by atoms with Crippen LogP contribution in [0.3, 0.4) is 0 Å². The van der Waals surface area contributed by atoms with Gasteiger partial charge >= 0.3 is 0 Å². The standard InChI is InChI=1S/C17H14O6/c1-9-13(21-2)8-14-16(17(9)20)12(19)7-15(23-14)22-11-5-3-10(18)4-6-11/h3-8,18,20H,1-2H3. The Labute approximate surface area is 131 Å². The smallest absolute Gasteiger partial charge is 0.294 e. The Bertz CT molecular complexity index is 924. The fourth-order valence-electron chi connectivity index (χ4n) is 2.25. The number of hydrogen-bond acceptors (Lipinski definition) is 6. The van der Waals surface area contributed by atoms with Crippen LogP contribution in [0.4, 0.5) is 0 Å². The first-order valence-electron chi connectivity index (χ1n) is 6.81. The third-order valence-corrected chi connectivity index (χ3v) is 3.45. The summed E-state index contributed by atoms with van der Waals surface area (Å²) in [6, 6.07) is 8.65. The first kappa shape index (κ1) is 14.8. The third kappa shape index (κ3) is 2.66. The molecule has 0 atom stereocenters. The Morgan fingerprint density at radius 3 is 2.43 bits per heavy atom. The van der Waals surface area contributed by atoms with Crippen LogP contribution >= 0.6 is 0 Å². The molecule has 0 aliphatic heterocycles. The monoisotopic (exact) mass is 314 g/mol. The number of phenols is 2. The zero-order chi connectivity index (χ0) is 16.6. The van der Waals surface area contributed by atoms with Crippen LogP contribution in [0.15, 0.2) is 45.6 Å². The number of ether oxygens (including phenoxy) is 2. The van der Waals surface area contributed by atoms with Gasteiger partial charge in [0.2, 0.25) is 0 Å². The van der Waals surface area contributed by atoms with E-state index < -0.39 is 5.43 Å². The van der Waals surface area contributed by atoms with Gasteiger partial charge in [-0.2, -0.15) is 0 Å². The summed E-state index contributed by atoms with van der Waals surface area (Å²) in [5, 5.41) is 19.5. The summed E-state index contributed by atoms with van der Waals surface area (Å²) in [5.74, 6) is 0.693. The summed E-state index contributed by atoms with van der Waals surface area (Å²) in [7, 11) is 1.46. The van der Waals surface area contributed by atoms with Gasteiger partial charge in [0.15, 0.2) is 5.43 Å². The van der Waals surface area contributed by atoms with Gasteiger partial charge in [-0.3, -0.25) is 4.79 Å². The maximum atomic E-state index is 12.2. The topological polar surface area (TPSA) is 89.1 Å². The average molecular weight is 314 g/mol. The average Bonchev–Trinajstić information content (AvgIpc) is 2.52.